The van der Waals surface area contributed by atoms with Gasteiger partial charge in [0.1, 0.15) is 17.3 Å². The van der Waals surface area contributed by atoms with Crippen LogP contribution in [-0.4, -0.2) is 46.4 Å². The van der Waals surface area contributed by atoms with Crippen LogP contribution >= 0.6 is 0 Å². The molecule has 30 heavy (non-hydrogen) atoms. The number of ketones is 1. The number of carbonyl (C=O) groups is 3. The second-order valence-electron chi connectivity index (χ2n) is 6.77. The Hall–Kier alpha value is -3.68. The Kier molecular flexibility index (Phi) is 6.15. The van der Waals surface area contributed by atoms with E-state index in [0.29, 0.717) is 11.3 Å². The molecular weight excluding hydrogens is 393 g/mol. The zero-order valence-corrected chi connectivity index (χ0v) is 16.2. The second-order valence-corrected chi connectivity index (χ2v) is 6.77. The SMILES string of the molecule is COc1ccc(C2C(=C(O)c3ccc(F)cc3)C(=O)C(=O)N2CCCC(=O)O)cc1. The largest absolute Gasteiger partial charge is 0.507 e. The van der Waals surface area contributed by atoms with Crippen molar-refractivity contribution >= 4 is 23.4 Å². The number of carboxylic acids is 1. The Morgan fingerprint density at radius 1 is 1.07 bits per heavy atom. The number of aliphatic hydroxyl groups is 1. The number of Topliss-reactive ketones (excluding diaryl/α,β-unsaturated/α-hetero) is 1. The molecule has 1 unspecified atom stereocenters. The number of amides is 1. The van der Waals surface area contributed by atoms with E-state index < -0.39 is 35.3 Å². The molecule has 2 aromatic carbocycles. The maximum Gasteiger partial charge on any atom is 0.303 e. The maximum atomic E-state index is 13.3. The highest BCUT2D eigenvalue weighted by Crippen LogP contribution is 2.39. The van der Waals surface area contributed by atoms with E-state index in [1.54, 1.807) is 24.3 Å². The molecule has 2 N–H and O–H groups in total. The minimum atomic E-state index is -1.01. The molecule has 8 heteroatoms. The maximum absolute atomic E-state index is 13.3. The molecule has 1 amide bonds. The zero-order valence-electron chi connectivity index (χ0n) is 16.2. The topological polar surface area (TPSA) is 104 Å². The number of ether oxygens (including phenoxy) is 1. The summed E-state index contributed by atoms with van der Waals surface area (Å²) in [4.78, 5) is 37.6. The van der Waals surface area contributed by atoms with Crippen molar-refractivity contribution in [2.24, 2.45) is 0 Å². The highest BCUT2D eigenvalue weighted by atomic mass is 19.1. The van der Waals surface area contributed by atoms with Crippen LogP contribution in [0, 0.1) is 5.82 Å². The summed E-state index contributed by atoms with van der Waals surface area (Å²) in [6.45, 7) is 0.0216. The molecule has 0 aliphatic carbocycles. The van der Waals surface area contributed by atoms with Gasteiger partial charge in [0.05, 0.1) is 18.7 Å². The number of benzene rings is 2. The van der Waals surface area contributed by atoms with Gasteiger partial charge in [-0.3, -0.25) is 14.4 Å². The Balaban J connectivity index is 2.08. The third kappa shape index (κ3) is 4.17. The molecule has 1 aliphatic rings. The van der Waals surface area contributed by atoms with E-state index in [-0.39, 0.29) is 30.5 Å². The van der Waals surface area contributed by atoms with Gasteiger partial charge in [-0.25, -0.2) is 4.39 Å². The van der Waals surface area contributed by atoms with Crippen molar-refractivity contribution in [1.29, 1.82) is 0 Å². The fraction of sp³-hybridized carbons (Fsp3) is 0.227. The lowest BCUT2D eigenvalue weighted by atomic mass is 9.95. The molecule has 1 atom stereocenters. The third-order valence-corrected chi connectivity index (χ3v) is 4.88. The standard InChI is InChI=1S/C22H20FNO6/c1-30-16-10-6-13(7-11-16)19-18(20(27)14-4-8-15(23)9-5-14)21(28)22(29)24(19)12-2-3-17(25)26/h4-11,19,27H,2-3,12H2,1H3,(H,25,26). The Bertz CT molecular complexity index is 997. The van der Waals surface area contributed by atoms with Gasteiger partial charge in [-0.15, -0.1) is 0 Å². The Labute approximate surface area is 172 Å². The molecule has 1 aliphatic heterocycles. The van der Waals surface area contributed by atoms with Gasteiger partial charge < -0.3 is 19.8 Å². The number of nitrogens with zero attached hydrogens (tertiary/aromatic N) is 1. The molecule has 0 bridgehead atoms. The van der Waals surface area contributed by atoms with Crippen LogP contribution in [0.4, 0.5) is 4.39 Å². The quantitative estimate of drug-likeness (QED) is 0.411. The molecule has 7 nitrogen and oxygen atoms in total. The van der Waals surface area contributed by atoms with Crippen LogP contribution in [0.25, 0.3) is 5.76 Å². The van der Waals surface area contributed by atoms with Crippen molar-refractivity contribution in [1.82, 2.24) is 4.90 Å². The van der Waals surface area contributed by atoms with Crippen LogP contribution in [0.2, 0.25) is 0 Å². The molecule has 0 saturated carbocycles. The highest BCUT2D eigenvalue weighted by molar-refractivity contribution is 6.46. The van der Waals surface area contributed by atoms with Gasteiger partial charge >= 0.3 is 5.97 Å². The fourth-order valence-corrected chi connectivity index (χ4v) is 3.41. The van der Waals surface area contributed by atoms with Gasteiger partial charge in [0.25, 0.3) is 11.7 Å². The van der Waals surface area contributed by atoms with E-state index in [1.807, 2.05) is 0 Å². The molecule has 156 valence electrons. The first kappa shape index (κ1) is 21.0. The van der Waals surface area contributed by atoms with Crippen molar-refractivity contribution < 1.29 is 33.7 Å². The van der Waals surface area contributed by atoms with E-state index in [4.69, 9.17) is 9.84 Å². The number of aliphatic hydroxyl groups excluding tert-OH is 1. The molecule has 1 heterocycles. The van der Waals surface area contributed by atoms with Crippen LogP contribution in [0.3, 0.4) is 0 Å². The minimum Gasteiger partial charge on any atom is -0.507 e. The molecule has 1 saturated heterocycles. The first-order valence-electron chi connectivity index (χ1n) is 9.23. The summed E-state index contributed by atoms with van der Waals surface area (Å²) in [5, 5.41) is 19.7. The van der Waals surface area contributed by atoms with Crippen molar-refractivity contribution in [3.63, 3.8) is 0 Å². The molecule has 1 fully saturated rings. The molecular formula is C22H20FNO6. The number of likely N-dealkylation sites (tertiary alicyclic amines) is 1. The van der Waals surface area contributed by atoms with E-state index in [2.05, 4.69) is 0 Å². The summed E-state index contributed by atoms with van der Waals surface area (Å²) in [6, 6.07) is 10.6. The first-order chi connectivity index (χ1) is 14.3. The number of rotatable bonds is 7. The third-order valence-electron chi connectivity index (χ3n) is 4.88. The molecule has 0 radical (unpaired) electrons. The molecule has 0 spiro atoms. The monoisotopic (exact) mass is 413 g/mol. The molecule has 2 aromatic rings. The molecule has 0 aromatic heterocycles. The normalized spacial score (nSPS) is 17.9. The number of methoxy groups -OCH3 is 1. The number of carbonyl (C=O) groups excluding carboxylic acids is 2. The van der Waals surface area contributed by atoms with Crippen molar-refractivity contribution in [2.45, 2.75) is 18.9 Å². The lowest BCUT2D eigenvalue weighted by molar-refractivity contribution is -0.140. The number of hydrogen-bond donors (Lipinski definition) is 2. The zero-order chi connectivity index (χ0) is 21.8. The van der Waals surface area contributed by atoms with Gasteiger partial charge in [0, 0.05) is 18.5 Å². The fourth-order valence-electron chi connectivity index (χ4n) is 3.41. The van der Waals surface area contributed by atoms with E-state index in [0.717, 1.165) is 12.1 Å². The van der Waals surface area contributed by atoms with Crippen molar-refractivity contribution in [3.8, 4) is 5.75 Å². The number of halogens is 1. The first-order valence-corrected chi connectivity index (χ1v) is 9.23. The van der Waals surface area contributed by atoms with Gasteiger partial charge in [0.15, 0.2) is 0 Å². The van der Waals surface area contributed by atoms with Gasteiger partial charge in [-0.05, 0) is 48.4 Å². The van der Waals surface area contributed by atoms with E-state index in [9.17, 15) is 23.9 Å². The van der Waals surface area contributed by atoms with Gasteiger partial charge in [0.2, 0.25) is 0 Å². The second kappa shape index (κ2) is 8.77. The smallest absolute Gasteiger partial charge is 0.303 e. The minimum absolute atomic E-state index is 0.0216. The van der Waals surface area contributed by atoms with Crippen molar-refractivity contribution in [3.05, 3.63) is 71.0 Å². The van der Waals surface area contributed by atoms with Gasteiger partial charge in [-0.1, -0.05) is 12.1 Å². The summed E-state index contributed by atoms with van der Waals surface area (Å²) in [5.74, 6) is -3.08. The Morgan fingerprint density at radius 2 is 1.70 bits per heavy atom. The van der Waals surface area contributed by atoms with E-state index in [1.165, 1.54) is 24.1 Å². The summed E-state index contributed by atoms with van der Waals surface area (Å²) in [7, 11) is 1.50. The summed E-state index contributed by atoms with van der Waals surface area (Å²) >= 11 is 0. The van der Waals surface area contributed by atoms with Crippen LogP contribution in [0.5, 0.6) is 5.75 Å². The number of carboxylic acid groups (broad SMARTS) is 1. The van der Waals surface area contributed by atoms with E-state index >= 15 is 0 Å². The molecule has 3 rings (SSSR count). The van der Waals surface area contributed by atoms with Crippen LogP contribution in [0.1, 0.15) is 30.0 Å². The summed E-state index contributed by atoms with van der Waals surface area (Å²) < 4.78 is 18.4. The highest BCUT2D eigenvalue weighted by Gasteiger charge is 2.45. The predicted octanol–water partition coefficient (Wildman–Crippen LogP) is 3.12. The van der Waals surface area contributed by atoms with Crippen LogP contribution < -0.4 is 4.74 Å². The number of hydrogen-bond acceptors (Lipinski definition) is 5. The average molecular weight is 413 g/mol. The predicted molar refractivity (Wildman–Crippen MR) is 105 cm³/mol. The van der Waals surface area contributed by atoms with Crippen LogP contribution in [0.15, 0.2) is 54.1 Å². The summed E-state index contributed by atoms with van der Waals surface area (Å²) in [5.41, 5.74) is 0.611. The summed E-state index contributed by atoms with van der Waals surface area (Å²) in [6.07, 6.45) is -0.0259. The number of aliphatic carboxylic acids is 1. The Morgan fingerprint density at radius 3 is 2.27 bits per heavy atom. The van der Waals surface area contributed by atoms with Gasteiger partial charge in [-0.2, -0.15) is 0 Å². The average Bonchev–Trinajstić information content (AvgIpc) is 2.98. The lowest BCUT2D eigenvalue weighted by Crippen LogP contribution is -2.31. The van der Waals surface area contributed by atoms with Crippen LogP contribution in [-0.2, 0) is 14.4 Å². The lowest BCUT2D eigenvalue weighted by Gasteiger charge is -2.25. The van der Waals surface area contributed by atoms with Crippen molar-refractivity contribution in [2.75, 3.05) is 13.7 Å².